The van der Waals surface area contributed by atoms with Crippen LogP contribution in [0.5, 0.6) is 5.75 Å². The van der Waals surface area contributed by atoms with Gasteiger partial charge in [-0.25, -0.2) is 13.1 Å². The van der Waals surface area contributed by atoms with Crippen molar-refractivity contribution in [3.63, 3.8) is 0 Å². The van der Waals surface area contributed by atoms with Gasteiger partial charge >= 0.3 is 0 Å². The fraction of sp³-hybridized carbons (Fsp3) is 0.316. The van der Waals surface area contributed by atoms with Crippen molar-refractivity contribution in [1.82, 2.24) is 4.72 Å². The summed E-state index contributed by atoms with van der Waals surface area (Å²) in [5.74, 6) is -0.0581. The van der Waals surface area contributed by atoms with Crippen molar-refractivity contribution >= 4 is 33.2 Å². The fourth-order valence-corrected chi connectivity index (χ4v) is 4.06. The normalized spacial score (nSPS) is 16.7. The third-order valence-corrected chi connectivity index (χ3v) is 6.03. The molecule has 1 saturated heterocycles. The second-order valence-corrected chi connectivity index (χ2v) is 8.51. The quantitative estimate of drug-likeness (QED) is 0.712. The minimum Gasteiger partial charge on any atom is -0.495 e. The molecule has 2 aromatic rings. The van der Waals surface area contributed by atoms with Crippen LogP contribution in [-0.2, 0) is 14.8 Å². The van der Waals surface area contributed by atoms with Crippen molar-refractivity contribution in [1.29, 1.82) is 0 Å². The first-order chi connectivity index (χ1) is 13.4. The maximum atomic E-state index is 12.6. The lowest BCUT2D eigenvalue weighted by molar-refractivity contribution is 0.102. The van der Waals surface area contributed by atoms with Crippen LogP contribution in [0.2, 0.25) is 5.02 Å². The smallest absolute Gasteiger partial charge is 0.255 e. The molecular formula is C19H21ClN2O5S. The zero-order valence-corrected chi connectivity index (χ0v) is 16.8. The summed E-state index contributed by atoms with van der Waals surface area (Å²) >= 11 is 5.84. The van der Waals surface area contributed by atoms with E-state index in [0.29, 0.717) is 22.9 Å². The maximum absolute atomic E-state index is 12.6. The number of rotatable bonds is 7. The molecule has 1 atom stereocenters. The van der Waals surface area contributed by atoms with Gasteiger partial charge in [-0.05, 0) is 55.3 Å². The highest BCUT2D eigenvalue weighted by Gasteiger charge is 2.22. The van der Waals surface area contributed by atoms with Crippen molar-refractivity contribution in [2.75, 3.05) is 25.6 Å². The summed E-state index contributed by atoms with van der Waals surface area (Å²) in [6.45, 7) is 0.858. The molecule has 0 aromatic heterocycles. The fourth-order valence-electron chi connectivity index (χ4n) is 2.84. The highest BCUT2D eigenvalue weighted by Crippen LogP contribution is 2.28. The van der Waals surface area contributed by atoms with Gasteiger partial charge in [-0.1, -0.05) is 11.6 Å². The summed E-state index contributed by atoms with van der Waals surface area (Å²) in [7, 11) is -2.31. The number of carbonyl (C=O) groups excluding carboxylic acids is 1. The van der Waals surface area contributed by atoms with Crippen LogP contribution in [0.15, 0.2) is 47.4 Å². The third-order valence-electron chi connectivity index (χ3n) is 4.36. The Morgan fingerprint density at radius 1 is 1.25 bits per heavy atom. The van der Waals surface area contributed by atoms with E-state index in [1.54, 1.807) is 24.3 Å². The van der Waals surface area contributed by atoms with E-state index in [2.05, 4.69) is 10.0 Å². The number of sulfonamides is 1. The molecule has 150 valence electrons. The molecule has 1 amide bonds. The Labute approximate surface area is 169 Å². The number of nitrogens with one attached hydrogen (secondary N) is 2. The molecule has 1 heterocycles. The van der Waals surface area contributed by atoms with Crippen molar-refractivity contribution in [2.24, 2.45) is 0 Å². The molecule has 0 spiro atoms. The molecule has 7 nitrogen and oxygen atoms in total. The van der Waals surface area contributed by atoms with E-state index in [1.807, 2.05) is 0 Å². The number of methoxy groups -OCH3 is 1. The number of carbonyl (C=O) groups is 1. The van der Waals surface area contributed by atoms with Gasteiger partial charge in [0.25, 0.3) is 5.91 Å². The third kappa shape index (κ3) is 5.02. The summed E-state index contributed by atoms with van der Waals surface area (Å²) < 4.78 is 38.4. The zero-order chi connectivity index (χ0) is 20.1. The van der Waals surface area contributed by atoms with E-state index in [9.17, 15) is 13.2 Å². The molecule has 0 bridgehead atoms. The predicted octanol–water partition coefficient (Wildman–Crippen LogP) is 3.06. The van der Waals surface area contributed by atoms with Crippen molar-refractivity contribution < 1.29 is 22.7 Å². The first-order valence-electron chi connectivity index (χ1n) is 8.75. The second kappa shape index (κ2) is 8.91. The number of hydrogen-bond acceptors (Lipinski definition) is 5. The van der Waals surface area contributed by atoms with E-state index >= 15 is 0 Å². The van der Waals surface area contributed by atoms with Gasteiger partial charge in [0, 0.05) is 23.7 Å². The molecule has 1 aliphatic rings. The lowest BCUT2D eigenvalue weighted by Gasteiger charge is -2.14. The van der Waals surface area contributed by atoms with Gasteiger partial charge in [0.15, 0.2) is 0 Å². The van der Waals surface area contributed by atoms with Crippen LogP contribution in [0.3, 0.4) is 0 Å². The Morgan fingerprint density at radius 3 is 2.64 bits per heavy atom. The second-order valence-electron chi connectivity index (χ2n) is 6.31. The number of benzene rings is 2. The van der Waals surface area contributed by atoms with Crippen LogP contribution in [0.25, 0.3) is 0 Å². The Bertz CT molecular complexity index is 941. The van der Waals surface area contributed by atoms with Gasteiger partial charge in [-0.2, -0.15) is 0 Å². The highest BCUT2D eigenvalue weighted by atomic mass is 35.5. The summed E-state index contributed by atoms with van der Waals surface area (Å²) in [4.78, 5) is 12.5. The van der Waals surface area contributed by atoms with Gasteiger partial charge in [0.05, 0.1) is 23.8 Å². The van der Waals surface area contributed by atoms with Gasteiger partial charge < -0.3 is 14.8 Å². The number of amides is 1. The summed E-state index contributed by atoms with van der Waals surface area (Å²) in [5.41, 5.74) is 0.638. The van der Waals surface area contributed by atoms with Crippen molar-refractivity contribution in [3.8, 4) is 5.75 Å². The number of hydrogen-bond donors (Lipinski definition) is 2. The molecule has 0 unspecified atom stereocenters. The predicted molar refractivity (Wildman–Crippen MR) is 107 cm³/mol. The molecule has 3 rings (SSSR count). The van der Waals surface area contributed by atoms with Crippen LogP contribution < -0.4 is 14.8 Å². The molecular weight excluding hydrogens is 404 g/mol. The first kappa shape index (κ1) is 20.6. The monoisotopic (exact) mass is 424 g/mol. The average Bonchev–Trinajstić information content (AvgIpc) is 3.20. The van der Waals surface area contributed by atoms with Gasteiger partial charge in [-0.3, -0.25) is 4.79 Å². The molecule has 0 aliphatic carbocycles. The largest absolute Gasteiger partial charge is 0.495 e. The highest BCUT2D eigenvalue weighted by molar-refractivity contribution is 7.89. The van der Waals surface area contributed by atoms with Crippen molar-refractivity contribution in [3.05, 3.63) is 53.1 Å². The maximum Gasteiger partial charge on any atom is 0.255 e. The van der Waals surface area contributed by atoms with Crippen LogP contribution in [0.4, 0.5) is 5.69 Å². The number of anilines is 1. The van der Waals surface area contributed by atoms with E-state index < -0.39 is 15.9 Å². The van der Waals surface area contributed by atoms with Crippen LogP contribution in [-0.4, -0.2) is 40.7 Å². The molecule has 0 radical (unpaired) electrons. The Hall–Kier alpha value is -2.13. The van der Waals surface area contributed by atoms with E-state index in [4.69, 9.17) is 21.1 Å². The Balaban J connectivity index is 1.78. The molecule has 9 heteroatoms. The summed E-state index contributed by atoms with van der Waals surface area (Å²) in [6, 6.07) is 10.6. The minimum atomic E-state index is -3.76. The van der Waals surface area contributed by atoms with Crippen LogP contribution in [0, 0.1) is 0 Å². The lowest BCUT2D eigenvalue weighted by atomic mass is 10.2. The summed E-state index contributed by atoms with van der Waals surface area (Å²) in [5, 5.41) is 3.20. The Morgan fingerprint density at radius 2 is 2.00 bits per heavy atom. The molecule has 28 heavy (non-hydrogen) atoms. The van der Waals surface area contributed by atoms with Crippen LogP contribution in [0.1, 0.15) is 23.2 Å². The topological polar surface area (TPSA) is 93.7 Å². The van der Waals surface area contributed by atoms with E-state index in [0.717, 1.165) is 12.8 Å². The van der Waals surface area contributed by atoms with Crippen molar-refractivity contribution in [2.45, 2.75) is 23.8 Å². The summed E-state index contributed by atoms with van der Waals surface area (Å²) in [6.07, 6.45) is 1.64. The standard InChI is InChI=1S/C19H21ClN2O5S/c1-26-18-9-8-16(28(24,25)21-12-15-3-2-10-27-15)11-17(18)22-19(23)13-4-6-14(20)7-5-13/h4-9,11,15,21H,2-3,10,12H2,1H3,(H,22,23)/t15-/m1/s1. The Kier molecular flexibility index (Phi) is 6.56. The van der Waals surface area contributed by atoms with E-state index in [-0.39, 0.29) is 23.2 Å². The average molecular weight is 425 g/mol. The molecule has 2 N–H and O–H groups in total. The van der Waals surface area contributed by atoms with Gasteiger partial charge in [0.2, 0.25) is 10.0 Å². The van der Waals surface area contributed by atoms with Gasteiger partial charge in [-0.15, -0.1) is 0 Å². The lowest BCUT2D eigenvalue weighted by Crippen LogP contribution is -2.31. The molecule has 2 aromatic carbocycles. The van der Waals surface area contributed by atoms with Gasteiger partial charge in [0.1, 0.15) is 5.75 Å². The SMILES string of the molecule is COc1ccc(S(=O)(=O)NC[C@H]2CCCO2)cc1NC(=O)c1ccc(Cl)cc1. The number of halogens is 1. The first-order valence-corrected chi connectivity index (χ1v) is 10.6. The van der Waals surface area contributed by atoms with Crippen LogP contribution >= 0.6 is 11.6 Å². The van der Waals surface area contributed by atoms with E-state index in [1.165, 1.54) is 25.3 Å². The molecule has 1 aliphatic heterocycles. The zero-order valence-electron chi connectivity index (χ0n) is 15.3. The number of ether oxygens (including phenoxy) is 2. The minimum absolute atomic E-state index is 0.0257. The molecule has 1 fully saturated rings. The molecule has 0 saturated carbocycles.